The summed E-state index contributed by atoms with van der Waals surface area (Å²) in [5, 5.41) is 11.8. The van der Waals surface area contributed by atoms with Crippen LogP contribution in [0.1, 0.15) is 112 Å². The number of rotatable bonds is 12. The van der Waals surface area contributed by atoms with Gasteiger partial charge in [0, 0.05) is 63.0 Å². The number of carbonyl (C=O) groups is 4. The first-order valence-corrected chi connectivity index (χ1v) is 24.8. The van der Waals surface area contributed by atoms with Crippen LogP contribution in [-0.2, 0) is 57.0 Å². The highest BCUT2D eigenvalue weighted by molar-refractivity contribution is 8.13. The number of ether oxygens (including phenoxy) is 9. The second kappa shape index (κ2) is 22.5. The van der Waals surface area contributed by atoms with Gasteiger partial charge in [0.05, 0.1) is 48.1 Å². The number of aliphatic hydroxyl groups excluding tert-OH is 1. The molecule has 1 aromatic rings. The van der Waals surface area contributed by atoms with Crippen molar-refractivity contribution in [2.45, 2.75) is 180 Å². The minimum atomic E-state index is -1.23. The Bertz CT molecular complexity index is 1800. The number of Topliss-reactive ketones (excluding diaryl/α,β-unsaturated/α-hetero) is 1. The first-order valence-electron chi connectivity index (χ1n) is 23.8. The monoisotopic (exact) mass is 950 g/mol. The predicted octanol–water partition coefficient (Wildman–Crippen LogP) is 6.49. The van der Waals surface area contributed by atoms with Crippen molar-refractivity contribution >= 4 is 34.6 Å². The van der Waals surface area contributed by atoms with Gasteiger partial charge in [0.25, 0.3) is 0 Å². The second-order valence-electron chi connectivity index (χ2n) is 20.3. The van der Waals surface area contributed by atoms with E-state index in [4.69, 9.17) is 42.6 Å². The van der Waals surface area contributed by atoms with Crippen molar-refractivity contribution in [3.05, 3.63) is 35.9 Å². The van der Waals surface area contributed by atoms with Gasteiger partial charge in [-0.2, -0.15) is 0 Å². The highest BCUT2D eigenvalue weighted by Gasteiger charge is 2.58. The minimum absolute atomic E-state index is 0.0233. The third-order valence-electron chi connectivity index (χ3n) is 15.2. The molecule has 4 aliphatic heterocycles. The Labute approximate surface area is 397 Å². The average molecular weight is 950 g/mol. The van der Waals surface area contributed by atoms with E-state index in [0.29, 0.717) is 30.8 Å². The van der Waals surface area contributed by atoms with Gasteiger partial charge in [0.1, 0.15) is 29.2 Å². The van der Waals surface area contributed by atoms with Crippen LogP contribution in [0.25, 0.3) is 0 Å². The van der Waals surface area contributed by atoms with Crippen LogP contribution in [0.15, 0.2) is 30.3 Å². The summed E-state index contributed by atoms with van der Waals surface area (Å²) < 4.78 is 58.9. The van der Waals surface area contributed by atoms with Crippen LogP contribution in [0.4, 0.5) is 0 Å². The molecule has 0 spiro atoms. The highest BCUT2D eigenvalue weighted by Crippen LogP contribution is 2.49. The van der Waals surface area contributed by atoms with E-state index in [-0.39, 0.29) is 41.8 Å². The van der Waals surface area contributed by atoms with E-state index < -0.39 is 108 Å². The number of methoxy groups -OCH3 is 2. The van der Waals surface area contributed by atoms with Crippen molar-refractivity contribution in [1.29, 1.82) is 0 Å². The molecule has 0 aliphatic carbocycles. The van der Waals surface area contributed by atoms with E-state index in [1.807, 2.05) is 80.5 Å². The van der Waals surface area contributed by atoms with E-state index >= 15 is 0 Å². The summed E-state index contributed by atoms with van der Waals surface area (Å²) >= 11 is 1.20. The lowest BCUT2D eigenvalue weighted by Gasteiger charge is -2.50. The lowest BCUT2D eigenvalue weighted by atomic mass is 9.67. The van der Waals surface area contributed by atoms with Crippen LogP contribution >= 0.6 is 11.8 Å². The molecule has 4 saturated heterocycles. The van der Waals surface area contributed by atoms with E-state index in [9.17, 15) is 24.3 Å². The number of fused-ring (bicyclic) bond motifs is 1. The number of esters is 2. The van der Waals surface area contributed by atoms with Crippen molar-refractivity contribution in [1.82, 2.24) is 4.90 Å². The summed E-state index contributed by atoms with van der Waals surface area (Å²) in [5.74, 6) is -4.02. The molecule has 0 amide bonds. The quantitative estimate of drug-likeness (QED) is 0.225. The van der Waals surface area contributed by atoms with Crippen molar-refractivity contribution in [2.75, 3.05) is 40.7 Å². The number of aliphatic hydroxyl groups is 1. The van der Waals surface area contributed by atoms with Gasteiger partial charge in [-0.05, 0) is 93.0 Å². The van der Waals surface area contributed by atoms with E-state index in [1.54, 1.807) is 52.3 Å². The lowest BCUT2D eigenvalue weighted by Crippen LogP contribution is -2.61. The zero-order chi connectivity index (χ0) is 49.1. The van der Waals surface area contributed by atoms with Crippen molar-refractivity contribution < 1.29 is 66.9 Å². The van der Waals surface area contributed by atoms with E-state index in [0.717, 1.165) is 0 Å². The van der Waals surface area contributed by atoms with Gasteiger partial charge >= 0.3 is 11.9 Å². The van der Waals surface area contributed by atoms with Crippen LogP contribution < -0.4 is 0 Å². The Hall–Kier alpha value is -2.51. The summed E-state index contributed by atoms with van der Waals surface area (Å²) in [4.78, 5) is 57.4. The van der Waals surface area contributed by atoms with Crippen LogP contribution in [0.3, 0.4) is 0 Å². The van der Waals surface area contributed by atoms with Crippen molar-refractivity contribution in [2.24, 2.45) is 35.5 Å². The van der Waals surface area contributed by atoms with Crippen LogP contribution in [0.5, 0.6) is 0 Å². The first-order chi connectivity index (χ1) is 30.9. The number of cyclic esters (lactones) is 1. The molecular formula is C50H79NO14S. The molecule has 5 rings (SSSR count). The number of ketones is 1. The summed E-state index contributed by atoms with van der Waals surface area (Å²) in [6.07, 6.45) is -6.42. The Morgan fingerprint density at radius 3 is 2.12 bits per heavy atom. The fraction of sp³-hybridized carbons (Fsp3) is 0.800. The fourth-order valence-corrected chi connectivity index (χ4v) is 12.2. The molecule has 15 nitrogen and oxygen atoms in total. The Morgan fingerprint density at radius 1 is 0.894 bits per heavy atom. The molecule has 66 heavy (non-hydrogen) atoms. The number of hydrogen-bond acceptors (Lipinski definition) is 16. The zero-order valence-corrected chi connectivity index (χ0v) is 42.8. The Balaban J connectivity index is 1.60. The molecule has 4 unspecified atom stereocenters. The van der Waals surface area contributed by atoms with Crippen LogP contribution in [-0.4, -0.2) is 152 Å². The number of thioether (sulfide) groups is 1. The zero-order valence-electron chi connectivity index (χ0n) is 42.0. The third-order valence-corrected chi connectivity index (χ3v) is 16.2. The standard InChI is InChI=1S/C50H79NO14S/c1-16-37-50(11)39(35(25-59-50)26-66-33(8)52)29(4)40(53)27(2)23-48(9,57-14)43(65-47-41(54)36(51(12)13)22-28(3)60-47)30(5)42(31(6)45(55)62-37)63-38-24-49(10,58-15)44(32(7)61-38)64-46(56)34-20-18-17-19-21-34/h17-21,27-32,35-39,41-44,47,54H,16,22-26H2,1-15H3/t27?,28-,29?,30+,31-,32+,35?,36+,37-,38+,39-,41-,42+,43-,44?,47+,48-,49-,50-/m1/s1. The van der Waals surface area contributed by atoms with Gasteiger partial charge in [-0.3, -0.25) is 14.4 Å². The molecule has 16 heteroatoms. The van der Waals surface area contributed by atoms with Gasteiger partial charge in [0.2, 0.25) is 0 Å². The normalized spacial score (nSPS) is 42.9. The molecule has 4 heterocycles. The van der Waals surface area contributed by atoms with Gasteiger partial charge in [-0.15, -0.1) is 0 Å². The molecule has 0 aromatic heterocycles. The number of hydrogen-bond donors (Lipinski definition) is 1. The maximum absolute atomic E-state index is 14.9. The molecule has 0 radical (unpaired) electrons. The smallest absolute Gasteiger partial charge is 0.338 e. The molecular weight excluding hydrogens is 871 g/mol. The second-order valence-corrected chi connectivity index (χ2v) is 21.5. The van der Waals surface area contributed by atoms with Gasteiger partial charge in [-0.25, -0.2) is 4.79 Å². The maximum atomic E-state index is 14.9. The largest absolute Gasteiger partial charge is 0.459 e. The minimum Gasteiger partial charge on any atom is -0.459 e. The van der Waals surface area contributed by atoms with Gasteiger partial charge < -0.3 is 52.6 Å². The summed E-state index contributed by atoms with van der Waals surface area (Å²) in [5.41, 5.74) is -3.00. The SMILES string of the molecule is CC[C@H]1OC(=O)[C@H](C)[C@@H](O[C@H]2C[C@@](C)(OC)C(OC(=O)c3ccccc3)[C@H](C)O2)[C@H](C)[C@@H](O[C@@H]2O[C@H](C)C[C@H](N(C)C)[C@H]2O)[C@](C)(OC)CC(C)C(=O)C(C)[C@@H]2C(CSC(C)=O)CO[C@@]21C. The predicted molar refractivity (Wildman–Crippen MR) is 249 cm³/mol. The summed E-state index contributed by atoms with van der Waals surface area (Å²) in [6, 6.07) is 8.41. The molecule has 1 N–H and O–H groups in total. The molecule has 374 valence electrons. The maximum Gasteiger partial charge on any atom is 0.338 e. The van der Waals surface area contributed by atoms with Crippen LogP contribution in [0.2, 0.25) is 0 Å². The molecule has 4 fully saturated rings. The van der Waals surface area contributed by atoms with Crippen molar-refractivity contribution in [3.8, 4) is 0 Å². The lowest BCUT2D eigenvalue weighted by molar-refractivity contribution is -0.319. The average Bonchev–Trinajstić information content (AvgIpc) is 3.62. The molecule has 0 bridgehead atoms. The van der Waals surface area contributed by atoms with Crippen molar-refractivity contribution in [3.63, 3.8) is 0 Å². The molecule has 19 atom stereocenters. The molecule has 0 saturated carbocycles. The fourth-order valence-electron chi connectivity index (χ4n) is 11.4. The third kappa shape index (κ3) is 11.7. The summed E-state index contributed by atoms with van der Waals surface area (Å²) in [7, 11) is 6.92. The Kier molecular flexibility index (Phi) is 18.6. The summed E-state index contributed by atoms with van der Waals surface area (Å²) in [6.45, 7) is 20.6. The molecule has 4 aliphatic rings. The van der Waals surface area contributed by atoms with Crippen LogP contribution in [0, 0.1) is 35.5 Å². The highest BCUT2D eigenvalue weighted by atomic mass is 32.2. The van der Waals surface area contributed by atoms with E-state index in [1.165, 1.54) is 18.7 Å². The first kappa shape index (κ1) is 54.4. The Morgan fingerprint density at radius 2 is 1.53 bits per heavy atom. The number of benzene rings is 1. The number of nitrogens with zero attached hydrogens (tertiary/aromatic N) is 1. The van der Waals surface area contributed by atoms with Gasteiger partial charge in [-0.1, -0.05) is 57.7 Å². The number of likely N-dealkylation sites (N-methyl/N-ethyl adjacent to an activating group) is 1. The van der Waals surface area contributed by atoms with Gasteiger partial charge in [0.15, 0.2) is 23.8 Å². The van der Waals surface area contributed by atoms with E-state index in [2.05, 4.69) is 0 Å². The topological polar surface area (TPSA) is 175 Å². The number of carbonyl (C=O) groups excluding carboxylic acids is 4. The molecule has 1 aromatic carbocycles.